The highest BCUT2D eigenvalue weighted by molar-refractivity contribution is 5.80. The number of rotatable bonds is 6. The van der Waals surface area contributed by atoms with Gasteiger partial charge in [-0.1, -0.05) is 18.2 Å². The van der Waals surface area contributed by atoms with E-state index in [9.17, 15) is 14.3 Å². The van der Waals surface area contributed by atoms with E-state index < -0.39 is 6.10 Å². The van der Waals surface area contributed by atoms with Crippen molar-refractivity contribution in [2.75, 3.05) is 29.4 Å². The van der Waals surface area contributed by atoms with Crippen LogP contribution in [0.1, 0.15) is 37.8 Å². The van der Waals surface area contributed by atoms with Crippen molar-refractivity contribution in [3.05, 3.63) is 72.2 Å². The Hall–Kier alpha value is -4.05. The monoisotopic (exact) mass is 515 g/mol. The molecule has 2 fully saturated rings. The van der Waals surface area contributed by atoms with Gasteiger partial charge in [0.1, 0.15) is 29.3 Å². The third-order valence-corrected chi connectivity index (χ3v) is 7.36. The Labute approximate surface area is 219 Å². The molecule has 3 atom stereocenters. The molecule has 3 unspecified atom stereocenters. The van der Waals surface area contributed by atoms with E-state index >= 15 is 0 Å². The Morgan fingerprint density at radius 1 is 1.11 bits per heavy atom. The number of imidazole rings is 1. The number of hydrogen-bond donors (Lipinski definition) is 2. The molecule has 2 saturated heterocycles. The number of aliphatic hydroxyl groups is 1. The molecule has 0 spiro atoms. The minimum atomic E-state index is -1.03. The molecule has 0 bridgehead atoms. The van der Waals surface area contributed by atoms with Crippen LogP contribution in [0.15, 0.2) is 60.8 Å². The second-order valence-corrected chi connectivity index (χ2v) is 10.0. The van der Waals surface area contributed by atoms with Crippen LogP contribution in [0.4, 0.5) is 16.0 Å². The lowest BCUT2D eigenvalue weighted by Gasteiger charge is -2.26. The van der Waals surface area contributed by atoms with Crippen LogP contribution < -0.4 is 15.1 Å². The second kappa shape index (κ2) is 10.0. The normalized spacial score (nSPS) is 20.3. The molecule has 0 radical (unpaired) electrons. The van der Waals surface area contributed by atoms with Crippen molar-refractivity contribution in [1.29, 1.82) is 0 Å². The van der Waals surface area contributed by atoms with Crippen LogP contribution in [-0.4, -0.2) is 62.4 Å². The first-order chi connectivity index (χ1) is 18.5. The van der Waals surface area contributed by atoms with Crippen LogP contribution >= 0.6 is 0 Å². The van der Waals surface area contributed by atoms with E-state index in [0.717, 1.165) is 66.6 Å². The molecule has 1 amide bonds. The number of halogens is 1. The predicted octanol–water partition coefficient (Wildman–Crippen LogP) is 3.35. The summed E-state index contributed by atoms with van der Waals surface area (Å²) >= 11 is 0. The van der Waals surface area contributed by atoms with Gasteiger partial charge in [-0.25, -0.2) is 18.9 Å². The van der Waals surface area contributed by atoms with Gasteiger partial charge < -0.3 is 20.2 Å². The standard InChI is InChI=1S/C28H30FN7O2/c1-18(37)28(38)31-21-12-14-34(17-21)26-9-3-7-22(32-26)24-16-30-25-10-11-27(33-36(24)25)35-13-4-8-23(35)19-5-2-6-20(29)15-19/h2-3,5-7,9-11,15-16,18,21,23,37H,4,8,12-14,17H2,1H3,(H,31,38). The van der Waals surface area contributed by atoms with Gasteiger partial charge in [-0.2, -0.15) is 0 Å². The number of carbonyl (C=O) groups excluding carboxylic acids is 1. The van der Waals surface area contributed by atoms with Gasteiger partial charge in [-0.05, 0) is 68.1 Å². The number of anilines is 2. The Kier molecular flexibility index (Phi) is 6.40. The summed E-state index contributed by atoms with van der Waals surface area (Å²) in [7, 11) is 0. The van der Waals surface area contributed by atoms with Crippen molar-refractivity contribution in [3.63, 3.8) is 0 Å². The topological polar surface area (TPSA) is 98.9 Å². The average molecular weight is 516 g/mol. The van der Waals surface area contributed by atoms with E-state index in [1.54, 1.807) is 18.3 Å². The minimum absolute atomic E-state index is 0.0333. The van der Waals surface area contributed by atoms with Crippen LogP contribution in [0, 0.1) is 5.82 Å². The zero-order valence-corrected chi connectivity index (χ0v) is 21.2. The van der Waals surface area contributed by atoms with Crippen LogP contribution in [0.25, 0.3) is 17.0 Å². The summed E-state index contributed by atoms with van der Waals surface area (Å²) in [6, 6.07) is 16.6. The number of amides is 1. The number of aromatic nitrogens is 4. The summed E-state index contributed by atoms with van der Waals surface area (Å²) in [5.74, 6) is 1.04. The third-order valence-electron chi connectivity index (χ3n) is 7.36. The summed E-state index contributed by atoms with van der Waals surface area (Å²) < 4.78 is 15.7. The zero-order chi connectivity index (χ0) is 26.2. The summed E-state index contributed by atoms with van der Waals surface area (Å²) in [5, 5.41) is 17.3. The van der Waals surface area contributed by atoms with Crippen molar-refractivity contribution in [2.24, 2.45) is 0 Å². The molecule has 9 nitrogen and oxygen atoms in total. The van der Waals surface area contributed by atoms with Crippen molar-refractivity contribution < 1.29 is 14.3 Å². The van der Waals surface area contributed by atoms with E-state index in [2.05, 4.69) is 20.1 Å². The van der Waals surface area contributed by atoms with E-state index in [-0.39, 0.29) is 23.8 Å². The summed E-state index contributed by atoms with van der Waals surface area (Å²) in [5.41, 5.74) is 3.21. The molecule has 0 saturated carbocycles. The highest BCUT2D eigenvalue weighted by Gasteiger charge is 2.29. The molecule has 6 rings (SSSR count). The minimum Gasteiger partial charge on any atom is -0.384 e. The molecule has 4 aromatic rings. The fraction of sp³-hybridized carbons (Fsp3) is 0.357. The molecule has 196 valence electrons. The second-order valence-electron chi connectivity index (χ2n) is 10.0. The van der Waals surface area contributed by atoms with Gasteiger partial charge in [0.05, 0.1) is 17.9 Å². The van der Waals surface area contributed by atoms with E-state index in [4.69, 9.17) is 10.1 Å². The highest BCUT2D eigenvalue weighted by atomic mass is 19.1. The quantitative estimate of drug-likeness (QED) is 0.406. The van der Waals surface area contributed by atoms with E-state index in [1.165, 1.54) is 13.0 Å². The van der Waals surface area contributed by atoms with Crippen LogP contribution in [0.2, 0.25) is 0 Å². The average Bonchev–Trinajstić information content (AvgIpc) is 3.68. The molecule has 10 heteroatoms. The van der Waals surface area contributed by atoms with Gasteiger partial charge in [-0.15, -0.1) is 5.10 Å². The number of carbonyl (C=O) groups is 1. The zero-order valence-electron chi connectivity index (χ0n) is 21.2. The molecular weight excluding hydrogens is 485 g/mol. The lowest BCUT2D eigenvalue weighted by Crippen LogP contribution is -2.41. The first kappa shape index (κ1) is 24.3. The van der Waals surface area contributed by atoms with Gasteiger partial charge in [0, 0.05) is 25.7 Å². The molecule has 38 heavy (non-hydrogen) atoms. The summed E-state index contributed by atoms with van der Waals surface area (Å²) in [6.07, 6.45) is 3.49. The fourth-order valence-corrected chi connectivity index (χ4v) is 5.44. The first-order valence-electron chi connectivity index (χ1n) is 13.0. The van der Waals surface area contributed by atoms with Gasteiger partial charge >= 0.3 is 0 Å². The van der Waals surface area contributed by atoms with Crippen molar-refractivity contribution in [1.82, 2.24) is 24.9 Å². The molecule has 2 N–H and O–H groups in total. The van der Waals surface area contributed by atoms with Crippen molar-refractivity contribution in [2.45, 2.75) is 44.4 Å². The summed E-state index contributed by atoms with van der Waals surface area (Å²) in [6.45, 7) is 3.70. The highest BCUT2D eigenvalue weighted by Crippen LogP contribution is 2.36. The van der Waals surface area contributed by atoms with Gasteiger partial charge in [0.25, 0.3) is 0 Å². The maximum absolute atomic E-state index is 13.9. The number of pyridine rings is 1. The first-order valence-corrected chi connectivity index (χ1v) is 13.0. The number of nitrogens with one attached hydrogen (secondary N) is 1. The van der Waals surface area contributed by atoms with Gasteiger partial charge in [-0.3, -0.25) is 4.79 Å². The van der Waals surface area contributed by atoms with Crippen molar-refractivity contribution in [3.8, 4) is 11.4 Å². The maximum atomic E-state index is 13.9. The fourth-order valence-electron chi connectivity index (χ4n) is 5.44. The Bertz CT molecular complexity index is 1470. The summed E-state index contributed by atoms with van der Waals surface area (Å²) in [4.78, 5) is 25.7. The van der Waals surface area contributed by atoms with Gasteiger partial charge in [0.2, 0.25) is 5.91 Å². The predicted molar refractivity (Wildman–Crippen MR) is 142 cm³/mol. The Morgan fingerprint density at radius 3 is 2.82 bits per heavy atom. The van der Waals surface area contributed by atoms with Crippen molar-refractivity contribution >= 4 is 23.2 Å². The number of nitrogens with zero attached hydrogens (tertiary/aromatic N) is 6. The van der Waals surface area contributed by atoms with E-state index in [0.29, 0.717) is 6.54 Å². The lowest BCUT2D eigenvalue weighted by molar-refractivity contribution is -0.129. The largest absolute Gasteiger partial charge is 0.384 e. The molecule has 0 aliphatic carbocycles. The molecule has 2 aliphatic heterocycles. The van der Waals surface area contributed by atoms with E-state index in [1.807, 2.05) is 40.9 Å². The molecule has 2 aliphatic rings. The SMILES string of the molecule is CC(O)C(=O)NC1CCN(c2cccc(-c3cnc4ccc(N5CCCC5c5cccc(F)c5)nn34)n2)C1. The smallest absolute Gasteiger partial charge is 0.248 e. The van der Waals surface area contributed by atoms with Crippen LogP contribution in [-0.2, 0) is 4.79 Å². The lowest BCUT2D eigenvalue weighted by atomic mass is 10.0. The van der Waals surface area contributed by atoms with Crippen LogP contribution in [0.3, 0.4) is 0 Å². The third kappa shape index (κ3) is 4.67. The number of fused-ring (bicyclic) bond motifs is 1. The van der Waals surface area contributed by atoms with Crippen LogP contribution in [0.5, 0.6) is 0 Å². The van der Waals surface area contributed by atoms with Gasteiger partial charge in [0.15, 0.2) is 5.65 Å². The molecular formula is C28H30FN7O2. The Morgan fingerprint density at radius 2 is 1.97 bits per heavy atom. The Balaban J connectivity index is 1.26. The number of benzene rings is 1. The number of aliphatic hydroxyl groups excluding tert-OH is 1. The molecule has 3 aromatic heterocycles. The molecule has 1 aromatic carbocycles. The maximum Gasteiger partial charge on any atom is 0.248 e. The molecule has 5 heterocycles. The number of hydrogen-bond acceptors (Lipinski definition) is 7.